The molecule has 3 rings (SSSR count). The molecule has 8 heteroatoms. The Morgan fingerprint density at radius 2 is 1.62 bits per heavy atom. The third-order valence-electron chi connectivity index (χ3n) is 4.37. The van der Waals surface area contributed by atoms with Crippen LogP contribution in [0.3, 0.4) is 0 Å². The molecule has 130 valence electrons. The van der Waals surface area contributed by atoms with Gasteiger partial charge in [0, 0.05) is 25.9 Å². The lowest BCUT2D eigenvalue weighted by Crippen LogP contribution is -2.40. The minimum Gasteiger partial charge on any atom is -0.495 e. The minimum absolute atomic E-state index is 0.00410. The Kier molecular flexibility index (Phi) is 4.60. The van der Waals surface area contributed by atoms with Crippen LogP contribution in [0.1, 0.15) is 32.1 Å². The van der Waals surface area contributed by atoms with E-state index in [-0.39, 0.29) is 41.0 Å². The molecule has 0 saturated carbocycles. The first kappa shape index (κ1) is 16.9. The molecule has 0 bridgehead atoms. The third-order valence-corrected chi connectivity index (χ3v) is 6.29. The molecular weight excluding hydrogens is 332 g/mol. The summed E-state index contributed by atoms with van der Waals surface area (Å²) in [6.45, 7) is 0.939. The second-order valence-electron chi connectivity index (χ2n) is 5.92. The fourth-order valence-electron chi connectivity index (χ4n) is 3.12. The number of nitrogens with zero attached hydrogens (tertiary/aromatic N) is 2. The van der Waals surface area contributed by atoms with Crippen molar-refractivity contribution in [1.29, 1.82) is 0 Å². The molecule has 24 heavy (non-hydrogen) atoms. The molecule has 0 aliphatic carbocycles. The van der Waals surface area contributed by atoms with E-state index in [1.165, 1.54) is 23.5 Å². The van der Waals surface area contributed by atoms with Gasteiger partial charge < -0.3 is 4.74 Å². The average Bonchev–Trinajstić information content (AvgIpc) is 3.10. The fourth-order valence-corrected chi connectivity index (χ4v) is 4.81. The molecule has 2 amide bonds. The first-order valence-corrected chi connectivity index (χ1v) is 9.43. The molecule has 1 aromatic carbocycles. The van der Waals surface area contributed by atoms with E-state index in [2.05, 4.69) is 0 Å². The smallest absolute Gasteiger partial charge is 0.246 e. The van der Waals surface area contributed by atoms with Gasteiger partial charge >= 0.3 is 0 Å². The molecule has 2 heterocycles. The molecular formula is C16H20N2O5S. The van der Waals surface area contributed by atoms with Gasteiger partial charge in [0.25, 0.3) is 0 Å². The number of ether oxygens (including phenoxy) is 1. The molecule has 0 radical (unpaired) electrons. The molecule has 0 spiro atoms. The number of anilines is 1. The summed E-state index contributed by atoms with van der Waals surface area (Å²) in [7, 11) is -2.32. The van der Waals surface area contributed by atoms with Crippen LogP contribution in [0.2, 0.25) is 0 Å². The molecule has 2 saturated heterocycles. The van der Waals surface area contributed by atoms with E-state index in [1.807, 2.05) is 0 Å². The molecule has 0 atom stereocenters. The number of hydrogen-bond acceptors (Lipinski definition) is 5. The van der Waals surface area contributed by atoms with Crippen molar-refractivity contribution < 1.29 is 22.7 Å². The molecule has 0 unspecified atom stereocenters. The predicted octanol–water partition coefficient (Wildman–Crippen LogP) is 1.52. The number of hydrogen-bond donors (Lipinski definition) is 0. The molecule has 2 aliphatic heterocycles. The summed E-state index contributed by atoms with van der Waals surface area (Å²) in [5, 5.41) is 0. The van der Waals surface area contributed by atoms with Crippen molar-refractivity contribution in [2.45, 2.75) is 37.0 Å². The van der Waals surface area contributed by atoms with Crippen LogP contribution in [0.5, 0.6) is 5.75 Å². The Labute approximate surface area is 141 Å². The van der Waals surface area contributed by atoms with E-state index in [0.717, 1.165) is 17.7 Å². The summed E-state index contributed by atoms with van der Waals surface area (Å²) in [5.41, 5.74) is 0.281. The van der Waals surface area contributed by atoms with E-state index in [9.17, 15) is 18.0 Å². The van der Waals surface area contributed by atoms with Crippen molar-refractivity contribution in [1.82, 2.24) is 4.31 Å². The van der Waals surface area contributed by atoms with Crippen LogP contribution in [-0.4, -0.2) is 44.7 Å². The van der Waals surface area contributed by atoms with Crippen LogP contribution in [0.25, 0.3) is 0 Å². The van der Waals surface area contributed by atoms with Crippen LogP contribution in [0.15, 0.2) is 23.1 Å². The lowest BCUT2D eigenvalue weighted by atomic mass is 10.1. The number of sulfonamides is 1. The van der Waals surface area contributed by atoms with Gasteiger partial charge in [-0.3, -0.25) is 14.5 Å². The van der Waals surface area contributed by atoms with Crippen molar-refractivity contribution >= 4 is 27.5 Å². The van der Waals surface area contributed by atoms with Crippen molar-refractivity contribution in [3.8, 4) is 5.75 Å². The number of carbonyl (C=O) groups excluding carboxylic acids is 2. The highest BCUT2D eigenvalue weighted by Gasteiger charge is 2.33. The summed E-state index contributed by atoms with van der Waals surface area (Å²) < 4.78 is 32.3. The molecule has 0 aromatic heterocycles. The van der Waals surface area contributed by atoms with Gasteiger partial charge in [0.15, 0.2) is 0 Å². The molecule has 7 nitrogen and oxygen atoms in total. The van der Waals surface area contributed by atoms with Crippen molar-refractivity contribution in [3.05, 3.63) is 18.2 Å². The highest BCUT2D eigenvalue weighted by atomic mass is 32.2. The zero-order chi connectivity index (χ0) is 17.3. The van der Waals surface area contributed by atoms with Crippen molar-refractivity contribution in [2.75, 3.05) is 25.1 Å². The summed E-state index contributed by atoms with van der Waals surface area (Å²) in [4.78, 5) is 25.3. The Morgan fingerprint density at radius 1 is 1.00 bits per heavy atom. The monoisotopic (exact) mass is 352 g/mol. The van der Waals surface area contributed by atoms with E-state index in [4.69, 9.17) is 4.74 Å². The van der Waals surface area contributed by atoms with Crippen LogP contribution in [0, 0.1) is 0 Å². The quantitative estimate of drug-likeness (QED) is 0.767. The molecule has 2 fully saturated rings. The number of piperidine rings is 1. The number of carbonyl (C=O) groups is 2. The summed E-state index contributed by atoms with van der Waals surface area (Å²) in [6.07, 6.45) is 2.75. The predicted molar refractivity (Wildman–Crippen MR) is 87.3 cm³/mol. The van der Waals surface area contributed by atoms with E-state index >= 15 is 0 Å². The van der Waals surface area contributed by atoms with Gasteiger partial charge in [-0.25, -0.2) is 8.42 Å². The number of amides is 2. The Hall–Kier alpha value is -1.93. The van der Waals surface area contributed by atoms with Crippen LogP contribution >= 0.6 is 0 Å². The Bertz CT molecular complexity index is 753. The van der Waals surface area contributed by atoms with Gasteiger partial charge in [-0.2, -0.15) is 4.31 Å². The van der Waals surface area contributed by atoms with Gasteiger partial charge in [-0.05, 0) is 37.5 Å². The van der Waals surface area contributed by atoms with Crippen LogP contribution in [0.4, 0.5) is 5.69 Å². The number of benzene rings is 1. The van der Waals surface area contributed by atoms with Gasteiger partial charge in [0.1, 0.15) is 10.6 Å². The summed E-state index contributed by atoms with van der Waals surface area (Å²) in [5.74, 6) is -0.399. The van der Waals surface area contributed by atoms with Crippen molar-refractivity contribution in [2.24, 2.45) is 0 Å². The SMILES string of the molecule is COc1ccc(N2C(=O)CCCC2=O)cc1S(=O)(=O)N1CCCC1. The number of rotatable bonds is 4. The van der Waals surface area contributed by atoms with Crippen LogP contribution < -0.4 is 9.64 Å². The molecule has 1 aromatic rings. The first-order valence-electron chi connectivity index (χ1n) is 7.99. The largest absolute Gasteiger partial charge is 0.495 e. The maximum atomic E-state index is 12.9. The normalized spacial score (nSPS) is 19.8. The molecule has 2 aliphatic rings. The maximum Gasteiger partial charge on any atom is 0.246 e. The van der Waals surface area contributed by atoms with E-state index < -0.39 is 10.0 Å². The van der Waals surface area contributed by atoms with E-state index in [0.29, 0.717) is 19.5 Å². The van der Waals surface area contributed by atoms with Gasteiger partial charge in [-0.15, -0.1) is 0 Å². The van der Waals surface area contributed by atoms with Gasteiger partial charge in [-0.1, -0.05) is 0 Å². The highest BCUT2D eigenvalue weighted by Crippen LogP contribution is 2.33. The topological polar surface area (TPSA) is 84.0 Å². The summed E-state index contributed by atoms with van der Waals surface area (Å²) in [6, 6.07) is 4.41. The second kappa shape index (κ2) is 6.52. The Morgan fingerprint density at radius 3 is 2.21 bits per heavy atom. The number of imide groups is 1. The van der Waals surface area contributed by atoms with Gasteiger partial charge in [0.2, 0.25) is 21.8 Å². The zero-order valence-corrected chi connectivity index (χ0v) is 14.3. The van der Waals surface area contributed by atoms with Crippen LogP contribution in [-0.2, 0) is 19.6 Å². The highest BCUT2D eigenvalue weighted by molar-refractivity contribution is 7.89. The molecule has 0 N–H and O–H groups in total. The van der Waals surface area contributed by atoms with E-state index in [1.54, 1.807) is 6.07 Å². The second-order valence-corrected chi connectivity index (χ2v) is 7.83. The third kappa shape index (κ3) is 2.91. The minimum atomic E-state index is -3.72. The fraction of sp³-hybridized carbons (Fsp3) is 0.500. The lowest BCUT2D eigenvalue weighted by Gasteiger charge is -2.26. The standard InChI is InChI=1S/C16H20N2O5S/c1-23-13-8-7-12(18-15(19)5-4-6-16(18)20)11-14(13)24(21,22)17-9-2-3-10-17/h7-8,11H,2-6,9-10H2,1H3. The van der Waals surface area contributed by atoms with Crippen molar-refractivity contribution in [3.63, 3.8) is 0 Å². The first-order chi connectivity index (χ1) is 11.4. The van der Waals surface area contributed by atoms with Gasteiger partial charge in [0.05, 0.1) is 12.8 Å². The average molecular weight is 352 g/mol. The maximum absolute atomic E-state index is 12.9. The zero-order valence-electron chi connectivity index (χ0n) is 13.5. The number of methoxy groups -OCH3 is 1. The summed E-state index contributed by atoms with van der Waals surface area (Å²) >= 11 is 0. The Balaban J connectivity index is 2.05. The lowest BCUT2D eigenvalue weighted by molar-refractivity contribution is -0.129.